The summed E-state index contributed by atoms with van der Waals surface area (Å²) in [5, 5.41) is 0. The van der Waals surface area contributed by atoms with Gasteiger partial charge in [0, 0.05) is 12.6 Å². The second-order valence-electron chi connectivity index (χ2n) is 3.75. The highest BCUT2D eigenvalue weighted by Gasteiger charge is 2.26. The molecule has 0 aromatic rings. The number of piperidine rings is 1. The number of rotatable bonds is 2. The molecule has 0 N–H and O–H groups in total. The topological polar surface area (TPSA) is 20.3 Å². The van der Waals surface area contributed by atoms with Gasteiger partial charge in [0.15, 0.2) is 0 Å². The number of halogens is 1. The van der Waals surface area contributed by atoms with E-state index < -0.39 is 0 Å². The number of likely N-dealkylation sites (tertiary alicyclic amines) is 1. The summed E-state index contributed by atoms with van der Waals surface area (Å²) in [6.45, 7) is 5.13. The van der Waals surface area contributed by atoms with Crippen LogP contribution in [0.3, 0.4) is 0 Å². The maximum absolute atomic E-state index is 11.8. The molecule has 0 aromatic heterocycles. The Morgan fingerprint density at radius 2 is 2.31 bits per heavy atom. The number of amides is 1. The fourth-order valence-electron chi connectivity index (χ4n) is 1.78. The first kappa shape index (κ1) is 11.0. The van der Waals surface area contributed by atoms with Crippen molar-refractivity contribution in [2.24, 2.45) is 0 Å². The summed E-state index contributed by atoms with van der Waals surface area (Å²) in [7, 11) is 0. The van der Waals surface area contributed by atoms with Gasteiger partial charge in [-0.2, -0.15) is 0 Å². The van der Waals surface area contributed by atoms with E-state index in [0.717, 1.165) is 19.4 Å². The predicted octanol–water partition coefficient (Wildman–Crippen LogP) is 2.56. The number of carbonyl (C=O) groups excluding carboxylic acids is 1. The van der Waals surface area contributed by atoms with E-state index in [1.165, 1.54) is 12.8 Å². The molecule has 2 nitrogen and oxygen atoms in total. The van der Waals surface area contributed by atoms with Gasteiger partial charge in [0.2, 0.25) is 5.91 Å². The van der Waals surface area contributed by atoms with Crippen LogP contribution in [0.4, 0.5) is 0 Å². The summed E-state index contributed by atoms with van der Waals surface area (Å²) in [5.74, 6) is 0.273. The molecular formula is C10H18BrNO. The van der Waals surface area contributed by atoms with Crippen LogP contribution in [0.2, 0.25) is 0 Å². The molecule has 1 saturated heterocycles. The van der Waals surface area contributed by atoms with Gasteiger partial charge in [0.05, 0.1) is 4.83 Å². The fourth-order valence-corrected chi connectivity index (χ4v) is 2.04. The first-order valence-electron chi connectivity index (χ1n) is 5.11. The predicted molar refractivity (Wildman–Crippen MR) is 58.0 cm³/mol. The van der Waals surface area contributed by atoms with Crippen molar-refractivity contribution in [1.82, 2.24) is 4.90 Å². The molecule has 0 radical (unpaired) electrons. The molecule has 1 rings (SSSR count). The Morgan fingerprint density at radius 1 is 1.62 bits per heavy atom. The molecule has 0 aromatic carbocycles. The first-order chi connectivity index (χ1) is 6.16. The van der Waals surface area contributed by atoms with E-state index in [0.29, 0.717) is 6.04 Å². The van der Waals surface area contributed by atoms with Gasteiger partial charge in [-0.05, 0) is 32.6 Å². The van der Waals surface area contributed by atoms with Crippen LogP contribution in [0.25, 0.3) is 0 Å². The highest BCUT2D eigenvalue weighted by molar-refractivity contribution is 9.10. The Morgan fingerprint density at radius 3 is 2.85 bits per heavy atom. The molecule has 13 heavy (non-hydrogen) atoms. The van der Waals surface area contributed by atoms with Crippen molar-refractivity contribution in [2.45, 2.75) is 50.4 Å². The lowest BCUT2D eigenvalue weighted by Gasteiger charge is -2.34. The van der Waals surface area contributed by atoms with Crippen LogP contribution in [0, 0.1) is 0 Å². The van der Waals surface area contributed by atoms with Gasteiger partial charge in [-0.25, -0.2) is 0 Å². The molecule has 1 heterocycles. The SMILES string of the molecule is CCC(Br)C(=O)N1CCCCC1C. The van der Waals surface area contributed by atoms with Crippen LogP contribution in [-0.4, -0.2) is 28.2 Å². The standard InChI is InChI=1S/C10H18BrNO/c1-3-9(11)10(13)12-7-5-4-6-8(12)2/h8-9H,3-7H2,1-2H3. The zero-order valence-corrected chi connectivity index (χ0v) is 10.0. The molecule has 2 unspecified atom stereocenters. The smallest absolute Gasteiger partial charge is 0.236 e. The van der Waals surface area contributed by atoms with Gasteiger partial charge in [0.1, 0.15) is 0 Å². The second kappa shape index (κ2) is 4.99. The molecule has 0 saturated carbocycles. The molecule has 0 aliphatic carbocycles. The number of nitrogens with zero attached hydrogens (tertiary/aromatic N) is 1. The molecule has 76 valence electrons. The van der Waals surface area contributed by atoms with E-state index in [9.17, 15) is 4.79 Å². The van der Waals surface area contributed by atoms with Crippen LogP contribution in [0.5, 0.6) is 0 Å². The van der Waals surface area contributed by atoms with Gasteiger partial charge in [-0.3, -0.25) is 4.79 Å². The lowest BCUT2D eigenvalue weighted by molar-refractivity contribution is -0.133. The highest BCUT2D eigenvalue weighted by Crippen LogP contribution is 2.20. The van der Waals surface area contributed by atoms with Gasteiger partial charge < -0.3 is 4.90 Å². The molecule has 0 bridgehead atoms. The van der Waals surface area contributed by atoms with Crippen molar-refractivity contribution in [2.75, 3.05) is 6.54 Å². The summed E-state index contributed by atoms with van der Waals surface area (Å²) in [6.07, 6.45) is 4.47. The lowest BCUT2D eigenvalue weighted by atomic mass is 10.0. The van der Waals surface area contributed by atoms with E-state index >= 15 is 0 Å². The third-order valence-electron chi connectivity index (χ3n) is 2.71. The van der Waals surface area contributed by atoms with Crippen molar-refractivity contribution in [3.8, 4) is 0 Å². The molecular weight excluding hydrogens is 230 g/mol. The average Bonchev–Trinajstić information content (AvgIpc) is 2.16. The summed E-state index contributed by atoms with van der Waals surface area (Å²) in [6, 6.07) is 0.438. The van der Waals surface area contributed by atoms with Crippen LogP contribution in [0.15, 0.2) is 0 Å². The van der Waals surface area contributed by atoms with Crippen molar-refractivity contribution >= 4 is 21.8 Å². The summed E-state index contributed by atoms with van der Waals surface area (Å²) in [4.78, 5) is 13.9. The highest BCUT2D eigenvalue weighted by atomic mass is 79.9. The van der Waals surface area contributed by atoms with Gasteiger partial charge in [-0.1, -0.05) is 22.9 Å². The zero-order chi connectivity index (χ0) is 9.84. The van der Waals surface area contributed by atoms with Crippen molar-refractivity contribution in [3.05, 3.63) is 0 Å². The fraction of sp³-hybridized carbons (Fsp3) is 0.900. The number of alkyl halides is 1. The van der Waals surface area contributed by atoms with E-state index in [1.54, 1.807) is 0 Å². The Balaban J connectivity index is 2.53. The van der Waals surface area contributed by atoms with E-state index in [-0.39, 0.29) is 10.7 Å². The average molecular weight is 248 g/mol. The molecule has 2 atom stereocenters. The van der Waals surface area contributed by atoms with Crippen molar-refractivity contribution in [1.29, 1.82) is 0 Å². The molecule has 0 spiro atoms. The zero-order valence-electron chi connectivity index (χ0n) is 8.42. The quantitative estimate of drug-likeness (QED) is 0.688. The Bertz CT molecular complexity index is 184. The van der Waals surface area contributed by atoms with Crippen LogP contribution in [0.1, 0.15) is 39.5 Å². The van der Waals surface area contributed by atoms with Gasteiger partial charge >= 0.3 is 0 Å². The van der Waals surface area contributed by atoms with Crippen LogP contribution < -0.4 is 0 Å². The normalized spacial score (nSPS) is 25.8. The molecule has 1 aliphatic rings. The van der Waals surface area contributed by atoms with Crippen molar-refractivity contribution < 1.29 is 4.79 Å². The van der Waals surface area contributed by atoms with E-state index in [2.05, 4.69) is 22.9 Å². The van der Waals surface area contributed by atoms with Gasteiger partial charge in [0.25, 0.3) is 0 Å². The molecule has 1 amide bonds. The Labute approximate surface area is 88.8 Å². The number of carbonyl (C=O) groups is 1. The third-order valence-corrected chi connectivity index (χ3v) is 3.75. The molecule has 1 aliphatic heterocycles. The molecule has 3 heteroatoms. The summed E-state index contributed by atoms with van der Waals surface area (Å²) < 4.78 is 0. The minimum absolute atomic E-state index is 0.0213. The summed E-state index contributed by atoms with van der Waals surface area (Å²) in [5.41, 5.74) is 0. The maximum atomic E-state index is 11.8. The number of hydrogen-bond acceptors (Lipinski definition) is 1. The largest absolute Gasteiger partial charge is 0.339 e. The number of hydrogen-bond donors (Lipinski definition) is 0. The Hall–Kier alpha value is -0.0500. The third kappa shape index (κ3) is 2.70. The molecule has 1 fully saturated rings. The van der Waals surface area contributed by atoms with Crippen LogP contribution in [-0.2, 0) is 4.79 Å². The second-order valence-corrected chi connectivity index (χ2v) is 4.86. The van der Waals surface area contributed by atoms with Crippen molar-refractivity contribution in [3.63, 3.8) is 0 Å². The first-order valence-corrected chi connectivity index (χ1v) is 6.03. The monoisotopic (exact) mass is 247 g/mol. The minimum Gasteiger partial charge on any atom is -0.339 e. The maximum Gasteiger partial charge on any atom is 0.236 e. The minimum atomic E-state index is 0.0213. The van der Waals surface area contributed by atoms with E-state index in [1.807, 2.05) is 11.8 Å². The van der Waals surface area contributed by atoms with Gasteiger partial charge in [-0.15, -0.1) is 0 Å². The Kier molecular flexibility index (Phi) is 4.23. The van der Waals surface area contributed by atoms with E-state index in [4.69, 9.17) is 0 Å². The summed E-state index contributed by atoms with van der Waals surface area (Å²) >= 11 is 3.41. The lowest BCUT2D eigenvalue weighted by Crippen LogP contribution is -2.45. The van der Waals surface area contributed by atoms with Crippen LogP contribution >= 0.6 is 15.9 Å².